The van der Waals surface area contributed by atoms with Crippen molar-refractivity contribution >= 4 is 41.1 Å². The number of hydrogen-bond donors (Lipinski definition) is 3. The summed E-state index contributed by atoms with van der Waals surface area (Å²) in [5.41, 5.74) is 0.963. The van der Waals surface area contributed by atoms with Crippen molar-refractivity contribution in [1.82, 2.24) is 10.2 Å². The van der Waals surface area contributed by atoms with Gasteiger partial charge in [0, 0.05) is 16.8 Å². The maximum atomic E-state index is 11.7. The summed E-state index contributed by atoms with van der Waals surface area (Å²) in [7, 11) is 0. The molecule has 2 rings (SSSR count). The van der Waals surface area contributed by atoms with Crippen molar-refractivity contribution < 1.29 is 14.7 Å². The van der Waals surface area contributed by atoms with Crippen molar-refractivity contribution in [3.8, 4) is 0 Å². The third-order valence-corrected chi connectivity index (χ3v) is 3.71. The average molecular weight is 326 g/mol. The Morgan fingerprint density at radius 2 is 2.19 bits per heavy atom. The van der Waals surface area contributed by atoms with Crippen LogP contribution in [0.25, 0.3) is 0 Å². The van der Waals surface area contributed by atoms with Crippen molar-refractivity contribution in [1.29, 1.82) is 0 Å². The molecule has 3 N–H and O–H groups in total. The molecule has 0 saturated carbocycles. The van der Waals surface area contributed by atoms with Gasteiger partial charge in [0.25, 0.3) is 0 Å². The molecule has 2 aromatic rings. The van der Waals surface area contributed by atoms with E-state index in [4.69, 9.17) is 16.7 Å². The minimum Gasteiger partial charge on any atom is -0.477 e. The smallest absolute Gasteiger partial charge is 0.353 e. The molecule has 21 heavy (non-hydrogen) atoms. The first-order valence-corrected chi connectivity index (χ1v) is 7.48. The minimum absolute atomic E-state index is 0.0723. The summed E-state index contributed by atoms with van der Waals surface area (Å²) in [4.78, 5) is 22.3. The van der Waals surface area contributed by atoms with E-state index in [-0.39, 0.29) is 23.2 Å². The van der Waals surface area contributed by atoms with Gasteiger partial charge in [0.2, 0.25) is 5.91 Å². The van der Waals surface area contributed by atoms with Gasteiger partial charge in [0.15, 0.2) is 5.82 Å². The number of aromatic carboxylic acids is 1. The van der Waals surface area contributed by atoms with Crippen LogP contribution >= 0.6 is 23.4 Å². The van der Waals surface area contributed by atoms with Crippen LogP contribution in [0.4, 0.5) is 5.82 Å². The molecule has 0 saturated heterocycles. The van der Waals surface area contributed by atoms with Crippen LogP contribution in [0.5, 0.6) is 0 Å². The number of hydrogen-bond acceptors (Lipinski definition) is 4. The van der Waals surface area contributed by atoms with Crippen molar-refractivity contribution in [3.05, 3.63) is 46.6 Å². The van der Waals surface area contributed by atoms with E-state index in [0.717, 1.165) is 5.56 Å². The second kappa shape index (κ2) is 7.14. The molecule has 1 amide bonds. The molecule has 0 unspecified atom stereocenters. The fourth-order valence-corrected chi connectivity index (χ4v) is 2.55. The number of aromatic amines is 1. The molecule has 0 fully saturated rings. The Balaban J connectivity index is 1.78. The number of aromatic nitrogens is 2. The lowest BCUT2D eigenvalue weighted by Crippen LogP contribution is -2.14. The first kappa shape index (κ1) is 15.4. The van der Waals surface area contributed by atoms with Crippen molar-refractivity contribution in [2.45, 2.75) is 5.75 Å². The zero-order valence-corrected chi connectivity index (χ0v) is 12.4. The zero-order chi connectivity index (χ0) is 15.2. The first-order valence-electron chi connectivity index (χ1n) is 5.95. The number of amides is 1. The van der Waals surface area contributed by atoms with Gasteiger partial charge < -0.3 is 10.4 Å². The normalized spacial score (nSPS) is 10.3. The highest BCUT2D eigenvalue weighted by Gasteiger charge is 2.10. The van der Waals surface area contributed by atoms with E-state index in [2.05, 4.69) is 15.5 Å². The van der Waals surface area contributed by atoms with Crippen LogP contribution < -0.4 is 5.32 Å². The summed E-state index contributed by atoms with van der Waals surface area (Å²) in [5.74, 6) is -0.277. The Labute approximate surface area is 129 Å². The minimum atomic E-state index is -1.13. The highest BCUT2D eigenvalue weighted by molar-refractivity contribution is 7.99. The van der Waals surface area contributed by atoms with E-state index in [0.29, 0.717) is 10.8 Å². The number of carboxylic acid groups (broad SMARTS) is 1. The molecular formula is C13H12ClN3O3S. The van der Waals surface area contributed by atoms with Gasteiger partial charge in [-0.1, -0.05) is 23.7 Å². The SMILES string of the molecule is O=C(CSCc1cccc(Cl)c1)Nc1cc(C(=O)O)[nH]n1. The van der Waals surface area contributed by atoms with E-state index in [9.17, 15) is 9.59 Å². The highest BCUT2D eigenvalue weighted by atomic mass is 35.5. The molecule has 0 atom stereocenters. The number of nitrogens with one attached hydrogen (secondary N) is 2. The van der Waals surface area contributed by atoms with Gasteiger partial charge in [-0.15, -0.1) is 11.8 Å². The van der Waals surface area contributed by atoms with E-state index < -0.39 is 5.97 Å². The molecule has 0 spiro atoms. The van der Waals surface area contributed by atoms with Crippen LogP contribution in [0.3, 0.4) is 0 Å². The summed E-state index contributed by atoms with van der Waals surface area (Å²) < 4.78 is 0. The van der Waals surface area contributed by atoms with Gasteiger partial charge >= 0.3 is 5.97 Å². The van der Waals surface area contributed by atoms with Gasteiger partial charge in [-0.2, -0.15) is 5.10 Å². The summed E-state index contributed by atoms with van der Waals surface area (Å²) in [5, 5.41) is 17.9. The first-order chi connectivity index (χ1) is 10.0. The number of H-pyrrole nitrogens is 1. The summed E-state index contributed by atoms with van der Waals surface area (Å²) >= 11 is 7.30. The van der Waals surface area contributed by atoms with E-state index in [1.807, 2.05) is 18.2 Å². The molecule has 1 aromatic heterocycles. The maximum absolute atomic E-state index is 11.7. The highest BCUT2D eigenvalue weighted by Crippen LogP contribution is 2.16. The summed E-state index contributed by atoms with van der Waals surface area (Å²) in [6.45, 7) is 0. The van der Waals surface area contributed by atoms with Crippen molar-refractivity contribution in [3.63, 3.8) is 0 Å². The van der Waals surface area contributed by atoms with Crippen LogP contribution in [0.2, 0.25) is 5.02 Å². The Kier molecular flexibility index (Phi) is 5.24. The fourth-order valence-electron chi connectivity index (χ4n) is 1.56. The Bertz CT molecular complexity index is 660. The third-order valence-electron chi connectivity index (χ3n) is 2.47. The molecule has 1 aromatic carbocycles. The zero-order valence-electron chi connectivity index (χ0n) is 10.8. The van der Waals surface area contributed by atoms with E-state index in [1.54, 1.807) is 6.07 Å². The molecule has 0 radical (unpaired) electrons. The molecule has 0 aliphatic rings. The molecule has 8 heteroatoms. The number of nitrogens with zero attached hydrogens (tertiary/aromatic N) is 1. The van der Waals surface area contributed by atoms with Crippen LogP contribution in [0, 0.1) is 0 Å². The van der Waals surface area contributed by atoms with Gasteiger partial charge in [0.1, 0.15) is 5.69 Å². The second-order valence-corrected chi connectivity index (χ2v) is 5.56. The molecule has 0 aliphatic carbocycles. The van der Waals surface area contributed by atoms with E-state index in [1.165, 1.54) is 17.8 Å². The Morgan fingerprint density at radius 1 is 1.38 bits per heavy atom. The molecular weight excluding hydrogens is 314 g/mol. The fraction of sp³-hybridized carbons (Fsp3) is 0.154. The number of anilines is 1. The largest absolute Gasteiger partial charge is 0.477 e. The average Bonchev–Trinajstić information content (AvgIpc) is 2.87. The van der Waals surface area contributed by atoms with Gasteiger partial charge in [-0.3, -0.25) is 9.89 Å². The van der Waals surface area contributed by atoms with Crippen LogP contribution in [0.1, 0.15) is 16.1 Å². The van der Waals surface area contributed by atoms with Gasteiger partial charge in [0.05, 0.1) is 5.75 Å². The molecule has 1 heterocycles. The Morgan fingerprint density at radius 3 is 2.86 bits per heavy atom. The topological polar surface area (TPSA) is 95.1 Å². The standard InChI is InChI=1S/C13H12ClN3O3S/c14-9-3-1-2-8(4-9)6-21-7-12(18)15-11-5-10(13(19)20)16-17-11/h1-5H,6-7H2,(H,19,20)(H2,15,16,17,18). The van der Waals surface area contributed by atoms with E-state index >= 15 is 0 Å². The number of carbonyl (C=O) groups is 2. The van der Waals surface area contributed by atoms with Crippen molar-refractivity contribution in [2.24, 2.45) is 0 Å². The van der Waals surface area contributed by atoms with Gasteiger partial charge in [-0.25, -0.2) is 4.79 Å². The summed E-state index contributed by atoms with van der Waals surface area (Å²) in [6.07, 6.45) is 0. The molecule has 110 valence electrons. The number of benzene rings is 1. The third kappa shape index (κ3) is 4.80. The lowest BCUT2D eigenvalue weighted by atomic mass is 10.2. The second-order valence-electron chi connectivity index (χ2n) is 4.14. The molecule has 6 nitrogen and oxygen atoms in total. The predicted octanol–water partition coefficient (Wildman–Crippen LogP) is 2.63. The van der Waals surface area contributed by atoms with Crippen molar-refractivity contribution in [2.75, 3.05) is 11.1 Å². The summed E-state index contributed by atoms with van der Waals surface area (Å²) in [6, 6.07) is 8.69. The van der Waals surface area contributed by atoms with Crippen LogP contribution in [-0.4, -0.2) is 32.9 Å². The van der Waals surface area contributed by atoms with Gasteiger partial charge in [-0.05, 0) is 17.7 Å². The number of thioether (sulfide) groups is 1. The molecule has 0 bridgehead atoms. The number of carbonyl (C=O) groups excluding carboxylic acids is 1. The Hall–Kier alpha value is -1.99. The lowest BCUT2D eigenvalue weighted by molar-refractivity contribution is -0.113. The van der Waals surface area contributed by atoms with Crippen LogP contribution in [-0.2, 0) is 10.5 Å². The number of halogens is 1. The number of carboxylic acids is 1. The predicted molar refractivity (Wildman–Crippen MR) is 81.8 cm³/mol. The van der Waals surface area contributed by atoms with Crippen LogP contribution in [0.15, 0.2) is 30.3 Å². The lowest BCUT2D eigenvalue weighted by Gasteiger charge is -2.03. The molecule has 0 aliphatic heterocycles. The quantitative estimate of drug-likeness (QED) is 0.759. The maximum Gasteiger partial charge on any atom is 0.353 e. The number of rotatable bonds is 6. The monoisotopic (exact) mass is 325 g/mol.